The number of hydrogen-bond acceptors (Lipinski definition) is 6. The van der Waals surface area contributed by atoms with Crippen LogP contribution in [0.4, 0.5) is 11.4 Å². The maximum atomic E-state index is 13.7. The molecule has 0 aliphatic carbocycles. The first-order valence-corrected chi connectivity index (χ1v) is 12.7. The second kappa shape index (κ2) is 11.0. The van der Waals surface area contributed by atoms with Crippen LogP contribution in [0.1, 0.15) is 34.8 Å². The van der Waals surface area contributed by atoms with Crippen LogP contribution < -0.4 is 10.2 Å². The Labute approximate surface area is 219 Å². The number of para-hydroxylation sites is 1. The van der Waals surface area contributed by atoms with Crippen LogP contribution in [0, 0.1) is 13.8 Å². The number of anilines is 2. The van der Waals surface area contributed by atoms with Crippen LogP contribution in [-0.4, -0.2) is 24.4 Å². The quantitative estimate of drug-likeness (QED) is 0.269. The molecule has 184 valence electrons. The molecule has 0 aromatic heterocycles. The third kappa shape index (κ3) is 5.32. The fourth-order valence-corrected chi connectivity index (χ4v) is 4.68. The lowest BCUT2D eigenvalue weighted by molar-refractivity contribution is -0.120. The Balaban J connectivity index is 1.76. The van der Waals surface area contributed by atoms with Crippen LogP contribution in [0.2, 0.25) is 5.02 Å². The standard InChI is InChI=1S/C28H25ClN2O4S/c1-4-15-35-28(34)22-7-5-6-8-23(22)31-26(32)24(30-20-12-9-17(2)18(3)16-20)25(27(31)33)36-21-13-10-19(29)11-14-21/h5-14,16,30H,4,15H2,1-3H3. The highest BCUT2D eigenvalue weighted by Gasteiger charge is 2.41. The lowest BCUT2D eigenvalue weighted by atomic mass is 10.1. The molecule has 1 aliphatic rings. The number of rotatable bonds is 8. The van der Waals surface area contributed by atoms with Gasteiger partial charge in [-0.1, -0.05) is 48.5 Å². The summed E-state index contributed by atoms with van der Waals surface area (Å²) >= 11 is 7.19. The molecule has 1 heterocycles. The van der Waals surface area contributed by atoms with Crippen molar-refractivity contribution in [2.45, 2.75) is 32.1 Å². The SMILES string of the molecule is CCCOC(=O)c1ccccc1N1C(=O)C(Nc2ccc(C)c(C)c2)=C(Sc2ccc(Cl)cc2)C1=O. The molecule has 0 atom stereocenters. The number of amides is 2. The lowest BCUT2D eigenvalue weighted by Crippen LogP contribution is -2.33. The molecule has 0 radical (unpaired) electrons. The summed E-state index contributed by atoms with van der Waals surface area (Å²) in [6.07, 6.45) is 0.656. The van der Waals surface area contributed by atoms with Gasteiger partial charge in [0.1, 0.15) is 10.6 Å². The number of ether oxygens (including phenoxy) is 1. The summed E-state index contributed by atoms with van der Waals surface area (Å²) in [7, 11) is 0. The van der Waals surface area contributed by atoms with E-state index in [0.717, 1.165) is 32.7 Å². The maximum Gasteiger partial charge on any atom is 0.340 e. The normalized spacial score (nSPS) is 13.4. The van der Waals surface area contributed by atoms with Crippen molar-refractivity contribution in [3.63, 3.8) is 0 Å². The van der Waals surface area contributed by atoms with E-state index in [1.807, 2.05) is 39.0 Å². The highest BCUT2D eigenvalue weighted by molar-refractivity contribution is 8.04. The summed E-state index contributed by atoms with van der Waals surface area (Å²) in [5, 5.41) is 3.72. The molecule has 3 aromatic rings. The van der Waals surface area contributed by atoms with Crippen LogP contribution in [0.3, 0.4) is 0 Å². The Kier molecular flexibility index (Phi) is 7.82. The third-order valence-electron chi connectivity index (χ3n) is 5.65. The molecule has 0 saturated heterocycles. The van der Waals surface area contributed by atoms with E-state index in [2.05, 4.69) is 5.32 Å². The average molecular weight is 521 g/mol. The Morgan fingerprint density at radius 2 is 1.69 bits per heavy atom. The van der Waals surface area contributed by atoms with Gasteiger partial charge in [-0.15, -0.1) is 0 Å². The predicted octanol–water partition coefficient (Wildman–Crippen LogP) is 6.51. The molecule has 0 fully saturated rings. The highest BCUT2D eigenvalue weighted by Crippen LogP contribution is 2.39. The number of nitrogens with zero attached hydrogens (tertiary/aromatic N) is 1. The van der Waals surface area contributed by atoms with Crippen molar-refractivity contribution in [2.75, 3.05) is 16.8 Å². The Morgan fingerprint density at radius 1 is 0.972 bits per heavy atom. The van der Waals surface area contributed by atoms with Gasteiger partial charge in [0.15, 0.2) is 0 Å². The van der Waals surface area contributed by atoms with Crippen molar-refractivity contribution >= 4 is 52.5 Å². The molecule has 3 aromatic carbocycles. The second-order valence-corrected chi connectivity index (χ2v) is 9.80. The number of imide groups is 1. The molecule has 2 amide bonds. The molecular weight excluding hydrogens is 496 g/mol. The molecule has 0 unspecified atom stereocenters. The summed E-state index contributed by atoms with van der Waals surface area (Å²) in [5.41, 5.74) is 3.31. The number of benzene rings is 3. The predicted molar refractivity (Wildman–Crippen MR) is 143 cm³/mol. The summed E-state index contributed by atoms with van der Waals surface area (Å²) in [5.74, 6) is -1.66. The van der Waals surface area contributed by atoms with E-state index in [4.69, 9.17) is 16.3 Å². The Morgan fingerprint density at radius 3 is 2.39 bits per heavy atom. The third-order valence-corrected chi connectivity index (χ3v) is 7.00. The Bertz CT molecular complexity index is 1370. The summed E-state index contributed by atoms with van der Waals surface area (Å²) in [6.45, 7) is 6.11. The lowest BCUT2D eigenvalue weighted by Gasteiger charge is -2.18. The van der Waals surface area contributed by atoms with Crippen LogP contribution in [0.25, 0.3) is 0 Å². The highest BCUT2D eigenvalue weighted by atomic mass is 35.5. The number of nitrogens with one attached hydrogen (secondary N) is 1. The van der Waals surface area contributed by atoms with Crippen molar-refractivity contribution < 1.29 is 19.1 Å². The topological polar surface area (TPSA) is 75.7 Å². The zero-order valence-electron chi connectivity index (χ0n) is 20.1. The smallest absolute Gasteiger partial charge is 0.340 e. The molecule has 4 rings (SSSR count). The van der Waals surface area contributed by atoms with Crippen molar-refractivity contribution in [1.29, 1.82) is 0 Å². The first-order chi connectivity index (χ1) is 17.3. The minimum atomic E-state index is -0.587. The van der Waals surface area contributed by atoms with Gasteiger partial charge < -0.3 is 10.1 Å². The van der Waals surface area contributed by atoms with E-state index in [9.17, 15) is 14.4 Å². The number of halogens is 1. The van der Waals surface area contributed by atoms with Crippen LogP contribution in [-0.2, 0) is 14.3 Å². The molecule has 0 bridgehead atoms. The molecule has 0 spiro atoms. The van der Waals surface area contributed by atoms with Crippen LogP contribution in [0.5, 0.6) is 0 Å². The minimum Gasteiger partial charge on any atom is -0.462 e. The number of carbonyl (C=O) groups is 3. The molecule has 0 saturated carbocycles. The van der Waals surface area contributed by atoms with Gasteiger partial charge in [0.25, 0.3) is 11.8 Å². The Hall–Kier alpha value is -3.55. The van der Waals surface area contributed by atoms with Crippen molar-refractivity contribution in [2.24, 2.45) is 0 Å². The van der Waals surface area contributed by atoms with Crippen LogP contribution in [0.15, 0.2) is 82.2 Å². The first-order valence-electron chi connectivity index (χ1n) is 11.5. The van der Waals surface area contributed by atoms with E-state index < -0.39 is 17.8 Å². The molecule has 8 heteroatoms. The van der Waals surface area contributed by atoms with Gasteiger partial charge >= 0.3 is 5.97 Å². The van der Waals surface area contributed by atoms with Crippen molar-refractivity contribution in [3.8, 4) is 0 Å². The van der Waals surface area contributed by atoms with Gasteiger partial charge in [0, 0.05) is 15.6 Å². The van der Waals surface area contributed by atoms with E-state index >= 15 is 0 Å². The van der Waals surface area contributed by atoms with Crippen molar-refractivity contribution in [1.82, 2.24) is 0 Å². The zero-order chi connectivity index (χ0) is 25.8. The number of aryl methyl sites for hydroxylation is 2. The molecule has 1 N–H and O–H groups in total. The van der Waals surface area contributed by atoms with Gasteiger partial charge in [-0.25, -0.2) is 9.69 Å². The molecule has 1 aliphatic heterocycles. The largest absolute Gasteiger partial charge is 0.462 e. The first kappa shape index (κ1) is 25.5. The van der Waals surface area contributed by atoms with Gasteiger partial charge in [-0.3, -0.25) is 9.59 Å². The summed E-state index contributed by atoms with van der Waals surface area (Å²) in [4.78, 5) is 42.1. The monoisotopic (exact) mass is 520 g/mol. The second-order valence-electron chi connectivity index (χ2n) is 8.28. The van der Waals surface area contributed by atoms with Gasteiger partial charge in [-0.2, -0.15) is 0 Å². The number of esters is 1. The average Bonchev–Trinajstić information content (AvgIpc) is 3.09. The van der Waals surface area contributed by atoms with Crippen LogP contribution >= 0.6 is 23.4 Å². The van der Waals surface area contributed by atoms with Gasteiger partial charge in [0.2, 0.25) is 0 Å². The minimum absolute atomic E-state index is 0.139. The number of hydrogen-bond donors (Lipinski definition) is 1. The van der Waals surface area contributed by atoms with E-state index in [1.54, 1.807) is 48.5 Å². The number of thioether (sulfide) groups is 1. The number of carbonyl (C=O) groups excluding carboxylic acids is 3. The van der Waals surface area contributed by atoms with E-state index in [0.29, 0.717) is 17.1 Å². The zero-order valence-corrected chi connectivity index (χ0v) is 21.7. The summed E-state index contributed by atoms with van der Waals surface area (Å²) in [6, 6.07) is 19.2. The van der Waals surface area contributed by atoms with E-state index in [-0.39, 0.29) is 28.5 Å². The van der Waals surface area contributed by atoms with E-state index in [1.165, 1.54) is 0 Å². The van der Waals surface area contributed by atoms with Gasteiger partial charge in [0.05, 0.1) is 17.9 Å². The fraction of sp³-hybridized carbons (Fsp3) is 0.179. The fourth-order valence-electron chi connectivity index (χ4n) is 3.63. The summed E-state index contributed by atoms with van der Waals surface area (Å²) < 4.78 is 5.29. The molecule has 6 nitrogen and oxygen atoms in total. The maximum absolute atomic E-state index is 13.7. The van der Waals surface area contributed by atoms with Crippen molar-refractivity contribution in [3.05, 3.63) is 99.0 Å². The van der Waals surface area contributed by atoms with Gasteiger partial charge in [-0.05, 0) is 79.9 Å². The molecule has 36 heavy (non-hydrogen) atoms. The molecular formula is C28H25ClN2O4S.